The van der Waals surface area contributed by atoms with Gasteiger partial charge >= 0.3 is 0 Å². The number of halogens is 1. The van der Waals surface area contributed by atoms with Crippen molar-refractivity contribution in [3.05, 3.63) is 24.5 Å². The van der Waals surface area contributed by atoms with Gasteiger partial charge in [0.25, 0.3) is 0 Å². The number of pyridine rings is 1. The van der Waals surface area contributed by atoms with Crippen molar-refractivity contribution in [2.24, 2.45) is 0 Å². The summed E-state index contributed by atoms with van der Waals surface area (Å²) in [6.45, 7) is 1.54. The van der Waals surface area contributed by atoms with Crippen LogP contribution < -0.4 is 0 Å². The van der Waals surface area contributed by atoms with Crippen LogP contribution in [0.15, 0.2) is 29.4 Å². The third-order valence-corrected chi connectivity index (χ3v) is 1.66. The lowest BCUT2D eigenvalue weighted by Gasteiger charge is -1.92. The number of thioether (sulfide) groups is 1. The van der Waals surface area contributed by atoms with Gasteiger partial charge in [0.2, 0.25) is 0 Å². The predicted octanol–water partition coefficient (Wildman–Crippen LogP) is 2.14. The lowest BCUT2D eigenvalue weighted by molar-refractivity contribution is -0.109. The van der Waals surface area contributed by atoms with Crippen molar-refractivity contribution < 1.29 is 4.79 Å². The number of hydrogen-bond donors (Lipinski definition) is 0. The Morgan fingerprint density at radius 2 is 2.36 bits per heavy atom. The van der Waals surface area contributed by atoms with E-state index in [1.165, 1.54) is 18.7 Å². The fourth-order valence-electron chi connectivity index (χ4n) is 0.573. The van der Waals surface area contributed by atoms with Gasteiger partial charge in [0.1, 0.15) is 0 Å². The van der Waals surface area contributed by atoms with Gasteiger partial charge in [-0.05, 0) is 12.1 Å². The summed E-state index contributed by atoms with van der Waals surface area (Å²) in [5.74, 6) is 0. The summed E-state index contributed by atoms with van der Waals surface area (Å²) in [6, 6.07) is 3.67. The number of hydrogen-bond acceptors (Lipinski definition) is 3. The normalized spacial score (nSPS) is 8.45. The lowest BCUT2D eigenvalue weighted by atomic mass is 10.5. The highest BCUT2D eigenvalue weighted by Crippen LogP contribution is 2.15. The Morgan fingerprint density at radius 1 is 1.64 bits per heavy atom. The average molecular weight is 190 g/mol. The van der Waals surface area contributed by atoms with E-state index in [4.69, 9.17) is 0 Å². The average Bonchev–Trinajstić information content (AvgIpc) is 1.88. The Morgan fingerprint density at radius 3 is 2.82 bits per heavy atom. The molecule has 0 saturated carbocycles. The molecule has 0 N–H and O–H groups in total. The molecule has 0 spiro atoms. The van der Waals surface area contributed by atoms with E-state index >= 15 is 0 Å². The van der Waals surface area contributed by atoms with Crippen LogP contribution in [0.5, 0.6) is 0 Å². The summed E-state index contributed by atoms with van der Waals surface area (Å²) < 4.78 is 0. The molecule has 11 heavy (non-hydrogen) atoms. The Hall–Kier alpha value is -0.540. The molecule has 1 aromatic heterocycles. The third kappa shape index (κ3) is 4.01. The maximum absolute atomic E-state index is 10.5. The summed E-state index contributed by atoms with van der Waals surface area (Å²) in [6.07, 6.45) is 3.36. The van der Waals surface area contributed by atoms with Crippen molar-refractivity contribution in [3.63, 3.8) is 0 Å². The smallest absolute Gasteiger partial charge is 0.190 e. The second-order valence-corrected chi connectivity index (χ2v) is 3.03. The minimum Gasteiger partial charge on any atom is -0.287 e. The van der Waals surface area contributed by atoms with Gasteiger partial charge in [-0.25, -0.2) is 0 Å². The molecule has 4 heteroatoms. The minimum absolute atomic E-state index is 0. The maximum Gasteiger partial charge on any atom is 0.190 e. The van der Waals surface area contributed by atoms with Gasteiger partial charge in [-0.2, -0.15) is 0 Å². The Labute approximate surface area is 75.8 Å². The molecule has 0 radical (unpaired) electrons. The molecule has 0 unspecified atom stereocenters. The van der Waals surface area contributed by atoms with Crippen molar-refractivity contribution in [1.29, 1.82) is 0 Å². The van der Waals surface area contributed by atoms with E-state index < -0.39 is 0 Å². The van der Waals surface area contributed by atoms with E-state index in [0.717, 1.165) is 4.90 Å². The molecular weight excluding hydrogens is 182 g/mol. The fraction of sp³-hybridized carbons (Fsp3) is 0.143. The van der Waals surface area contributed by atoms with Crippen molar-refractivity contribution in [2.45, 2.75) is 11.8 Å². The number of nitrogens with zero attached hydrogens (tertiary/aromatic N) is 1. The van der Waals surface area contributed by atoms with Crippen LogP contribution in [-0.2, 0) is 4.79 Å². The predicted molar refractivity (Wildman–Crippen MR) is 48.0 cm³/mol. The minimum atomic E-state index is 0. The van der Waals surface area contributed by atoms with Gasteiger partial charge in [0, 0.05) is 24.2 Å². The summed E-state index contributed by atoms with van der Waals surface area (Å²) in [5.41, 5.74) is 0. The molecule has 60 valence electrons. The molecule has 0 aromatic carbocycles. The first-order valence-electron chi connectivity index (χ1n) is 2.87. The quantitative estimate of drug-likeness (QED) is 0.635. The Bertz CT molecular complexity index is 227. The molecule has 0 aliphatic carbocycles. The van der Waals surface area contributed by atoms with Gasteiger partial charge < -0.3 is 0 Å². The van der Waals surface area contributed by atoms with E-state index in [9.17, 15) is 4.79 Å². The second-order valence-electron chi connectivity index (χ2n) is 1.78. The van der Waals surface area contributed by atoms with E-state index in [2.05, 4.69) is 4.98 Å². The van der Waals surface area contributed by atoms with E-state index in [1.807, 2.05) is 12.1 Å². The van der Waals surface area contributed by atoms with Crippen molar-refractivity contribution in [1.82, 2.24) is 4.98 Å². The largest absolute Gasteiger partial charge is 0.287 e. The first-order valence-corrected chi connectivity index (χ1v) is 3.69. The molecule has 1 heterocycles. The zero-order valence-corrected chi connectivity index (χ0v) is 7.61. The van der Waals surface area contributed by atoms with Crippen LogP contribution in [0.2, 0.25) is 0 Å². The Balaban J connectivity index is 0.000001000. The van der Waals surface area contributed by atoms with Crippen LogP contribution in [0.4, 0.5) is 0 Å². The van der Waals surface area contributed by atoms with Crippen LogP contribution in [-0.4, -0.2) is 10.1 Å². The van der Waals surface area contributed by atoms with Gasteiger partial charge in [-0.3, -0.25) is 9.78 Å². The van der Waals surface area contributed by atoms with Gasteiger partial charge in [-0.15, -0.1) is 12.4 Å². The van der Waals surface area contributed by atoms with Crippen LogP contribution >= 0.6 is 24.2 Å². The standard InChI is InChI=1S/C7H7NOS.ClH/c1-6(9)10-7-3-2-4-8-5-7;/h2-5H,1H3;1H. The summed E-state index contributed by atoms with van der Waals surface area (Å²) in [5, 5.41) is 0.0907. The van der Waals surface area contributed by atoms with E-state index in [1.54, 1.807) is 12.4 Å². The zero-order chi connectivity index (χ0) is 7.40. The lowest BCUT2D eigenvalue weighted by Crippen LogP contribution is -1.80. The second kappa shape index (κ2) is 5.16. The third-order valence-electron chi connectivity index (χ3n) is 0.896. The molecule has 1 rings (SSSR count). The number of carbonyl (C=O) groups is 1. The maximum atomic E-state index is 10.5. The SMILES string of the molecule is CC(=O)Sc1cccnc1.Cl. The van der Waals surface area contributed by atoms with Crippen LogP contribution in [0.3, 0.4) is 0 Å². The molecule has 0 bridgehead atoms. The van der Waals surface area contributed by atoms with Crippen molar-refractivity contribution >= 4 is 29.3 Å². The molecule has 0 fully saturated rings. The highest BCUT2D eigenvalue weighted by atomic mass is 35.5. The Kier molecular flexibility index (Phi) is 4.90. The highest BCUT2D eigenvalue weighted by molar-refractivity contribution is 8.13. The van der Waals surface area contributed by atoms with Gasteiger partial charge in [-0.1, -0.05) is 11.8 Å². The zero-order valence-electron chi connectivity index (χ0n) is 5.98. The topological polar surface area (TPSA) is 30.0 Å². The van der Waals surface area contributed by atoms with E-state index in [-0.39, 0.29) is 17.5 Å². The fourth-order valence-corrected chi connectivity index (χ4v) is 1.17. The summed E-state index contributed by atoms with van der Waals surface area (Å²) in [7, 11) is 0. The van der Waals surface area contributed by atoms with Crippen molar-refractivity contribution in [3.8, 4) is 0 Å². The molecular formula is C7H8ClNOS. The first-order chi connectivity index (χ1) is 4.79. The van der Waals surface area contributed by atoms with Crippen LogP contribution in [0, 0.1) is 0 Å². The number of carbonyl (C=O) groups excluding carboxylic acids is 1. The molecule has 0 atom stereocenters. The van der Waals surface area contributed by atoms with Crippen LogP contribution in [0.25, 0.3) is 0 Å². The molecule has 0 aliphatic rings. The van der Waals surface area contributed by atoms with Crippen LogP contribution in [0.1, 0.15) is 6.92 Å². The van der Waals surface area contributed by atoms with Crippen molar-refractivity contribution in [2.75, 3.05) is 0 Å². The monoisotopic (exact) mass is 189 g/mol. The molecule has 0 aliphatic heterocycles. The highest BCUT2D eigenvalue weighted by Gasteiger charge is 1.95. The molecule has 1 aromatic rings. The number of rotatable bonds is 1. The first kappa shape index (κ1) is 10.5. The number of aromatic nitrogens is 1. The molecule has 2 nitrogen and oxygen atoms in total. The summed E-state index contributed by atoms with van der Waals surface area (Å²) in [4.78, 5) is 15.3. The molecule has 0 amide bonds. The summed E-state index contributed by atoms with van der Waals surface area (Å²) >= 11 is 1.20. The van der Waals surface area contributed by atoms with Gasteiger partial charge in [0.05, 0.1) is 0 Å². The molecule has 0 saturated heterocycles. The van der Waals surface area contributed by atoms with Gasteiger partial charge in [0.15, 0.2) is 5.12 Å². The van der Waals surface area contributed by atoms with E-state index in [0.29, 0.717) is 0 Å².